The molecule has 0 radical (unpaired) electrons. The van der Waals surface area contributed by atoms with Crippen LogP contribution in [-0.2, 0) is 0 Å². The minimum absolute atomic E-state index is 0.240. The number of rotatable bonds is 3. The molecule has 0 fully saturated rings. The molecule has 0 amide bonds. The summed E-state index contributed by atoms with van der Waals surface area (Å²) in [6.45, 7) is 3.98. The number of benzene rings is 1. The summed E-state index contributed by atoms with van der Waals surface area (Å²) in [6, 6.07) is 6.88. The van der Waals surface area contributed by atoms with Gasteiger partial charge in [0.05, 0.1) is 6.10 Å². The van der Waals surface area contributed by atoms with Crippen LogP contribution in [0, 0.1) is 5.92 Å². The second kappa shape index (κ2) is 4.78. The Morgan fingerprint density at radius 1 is 1.21 bits per heavy atom. The number of hydrogen-bond acceptors (Lipinski definition) is 2. The normalized spacial score (nSPS) is 15.6. The van der Waals surface area contributed by atoms with Gasteiger partial charge in [0.25, 0.3) is 0 Å². The fourth-order valence-electron chi connectivity index (χ4n) is 1.25. The highest BCUT2D eigenvalue weighted by Gasteiger charge is 2.19. The lowest BCUT2D eigenvalue weighted by molar-refractivity contribution is 0.126. The summed E-state index contributed by atoms with van der Waals surface area (Å²) < 4.78 is 0. The van der Waals surface area contributed by atoms with Gasteiger partial charge in [-0.2, -0.15) is 0 Å². The van der Waals surface area contributed by atoms with Gasteiger partial charge in [-0.05, 0) is 23.6 Å². The minimum atomic E-state index is -0.618. The number of aliphatic hydroxyl groups excluding tert-OH is 1. The molecule has 0 aliphatic heterocycles. The van der Waals surface area contributed by atoms with Gasteiger partial charge in [0, 0.05) is 11.1 Å². The number of hydrogen-bond donors (Lipinski definition) is 2. The summed E-state index contributed by atoms with van der Waals surface area (Å²) in [5.41, 5.74) is 6.66. The van der Waals surface area contributed by atoms with E-state index in [1.54, 1.807) is 24.3 Å². The molecule has 0 spiro atoms. The van der Waals surface area contributed by atoms with Crippen molar-refractivity contribution in [1.29, 1.82) is 0 Å². The zero-order chi connectivity index (χ0) is 10.7. The van der Waals surface area contributed by atoms with E-state index in [0.717, 1.165) is 5.56 Å². The topological polar surface area (TPSA) is 46.2 Å². The molecule has 0 aliphatic rings. The average Bonchev–Trinajstić information content (AvgIpc) is 2.16. The summed E-state index contributed by atoms with van der Waals surface area (Å²) in [4.78, 5) is 0. The van der Waals surface area contributed by atoms with E-state index < -0.39 is 6.10 Å². The van der Waals surface area contributed by atoms with Gasteiger partial charge in [-0.25, -0.2) is 0 Å². The second-order valence-electron chi connectivity index (χ2n) is 3.82. The molecular formula is C11H16ClNO. The van der Waals surface area contributed by atoms with Gasteiger partial charge < -0.3 is 10.8 Å². The van der Waals surface area contributed by atoms with Crippen molar-refractivity contribution in [1.82, 2.24) is 0 Å². The Morgan fingerprint density at radius 2 is 1.71 bits per heavy atom. The molecule has 3 N–H and O–H groups in total. The van der Waals surface area contributed by atoms with Gasteiger partial charge in [0.15, 0.2) is 0 Å². The number of halogens is 1. The van der Waals surface area contributed by atoms with Crippen LogP contribution in [-0.4, -0.2) is 11.1 Å². The summed E-state index contributed by atoms with van der Waals surface area (Å²) in [5, 5.41) is 10.5. The van der Waals surface area contributed by atoms with Crippen LogP contribution in [0.15, 0.2) is 24.3 Å². The predicted octanol–water partition coefficient (Wildman–Crippen LogP) is 2.36. The Balaban J connectivity index is 2.78. The van der Waals surface area contributed by atoms with Gasteiger partial charge in [-0.15, -0.1) is 0 Å². The smallest absolute Gasteiger partial charge is 0.0943 e. The molecule has 0 aliphatic carbocycles. The first kappa shape index (κ1) is 11.5. The number of nitrogens with two attached hydrogens (primary N) is 1. The predicted molar refractivity (Wildman–Crippen MR) is 59.2 cm³/mol. The highest BCUT2D eigenvalue weighted by atomic mass is 35.5. The summed E-state index contributed by atoms with van der Waals surface area (Å²) in [6.07, 6.45) is -0.618. The Hall–Kier alpha value is -0.570. The average molecular weight is 214 g/mol. The van der Waals surface area contributed by atoms with Crippen molar-refractivity contribution in [2.75, 3.05) is 0 Å². The third-order valence-electron chi connectivity index (χ3n) is 2.35. The van der Waals surface area contributed by atoms with E-state index in [0.29, 0.717) is 5.02 Å². The number of aliphatic hydroxyl groups is 1. The molecule has 1 aromatic rings. The van der Waals surface area contributed by atoms with Crippen molar-refractivity contribution in [2.24, 2.45) is 11.7 Å². The molecule has 2 atom stereocenters. The van der Waals surface area contributed by atoms with Crippen molar-refractivity contribution in [3.8, 4) is 0 Å². The summed E-state index contributed by atoms with van der Waals surface area (Å²) >= 11 is 5.75. The maximum atomic E-state index is 9.88. The molecule has 78 valence electrons. The quantitative estimate of drug-likeness (QED) is 0.810. The fourth-order valence-corrected chi connectivity index (χ4v) is 1.37. The standard InChI is InChI=1S/C11H16ClNO/c1-7(2)10(13)11(14)8-3-5-9(12)6-4-8/h3-7,10-11,14H,13H2,1-2H3. The molecule has 0 heterocycles. The van der Waals surface area contributed by atoms with Crippen LogP contribution < -0.4 is 5.73 Å². The Kier molecular flexibility index (Phi) is 3.93. The van der Waals surface area contributed by atoms with Crippen molar-refractivity contribution >= 4 is 11.6 Å². The van der Waals surface area contributed by atoms with Crippen LogP contribution in [0.25, 0.3) is 0 Å². The summed E-state index contributed by atoms with van der Waals surface area (Å²) in [5.74, 6) is 0.251. The van der Waals surface area contributed by atoms with E-state index in [-0.39, 0.29) is 12.0 Å². The van der Waals surface area contributed by atoms with Gasteiger partial charge in [-0.1, -0.05) is 37.6 Å². The largest absolute Gasteiger partial charge is 0.387 e. The highest BCUT2D eigenvalue weighted by Crippen LogP contribution is 2.21. The minimum Gasteiger partial charge on any atom is -0.387 e. The lowest BCUT2D eigenvalue weighted by atomic mass is 9.94. The van der Waals surface area contributed by atoms with Gasteiger partial charge >= 0.3 is 0 Å². The van der Waals surface area contributed by atoms with E-state index in [1.807, 2.05) is 13.8 Å². The van der Waals surface area contributed by atoms with E-state index in [2.05, 4.69) is 0 Å². The molecule has 14 heavy (non-hydrogen) atoms. The molecule has 0 bridgehead atoms. The molecule has 1 aromatic carbocycles. The first-order chi connectivity index (χ1) is 6.52. The third kappa shape index (κ3) is 2.71. The maximum absolute atomic E-state index is 9.88. The van der Waals surface area contributed by atoms with Crippen molar-refractivity contribution < 1.29 is 5.11 Å². The van der Waals surface area contributed by atoms with Crippen molar-refractivity contribution in [3.63, 3.8) is 0 Å². The van der Waals surface area contributed by atoms with Crippen LogP contribution in [0.5, 0.6) is 0 Å². The SMILES string of the molecule is CC(C)C(N)C(O)c1ccc(Cl)cc1. The van der Waals surface area contributed by atoms with E-state index in [9.17, 15) is 5.11 Å². The Bertz CT molecular complexity index is 284. The van der Waals surface area contributed by atoms with Gasteiger partial charge in [-0.3, -0.25) is 0 Å². The molecular weight excluding hydrogens is 198 g/mol. The second-order valence-corrected chi connectivity index (χ2v) is 4.25. The van der Waals surface area contributed by atoms with Crippen LogP contribution in [0.1, 0.15) is 25.5 Å². The first-order valence-corrected chi connectivity index (χ1v) is 5.09. The highest BCUT2D eigenvalue weighted by molar-refractivity contribution is 6.30. The molecule has 1 rings (SSSR count). The maximum Gasteiger partial charge on any atom is 0.0943 e. The van der Waals surface area contributed by atoms with Crippen LogP contribution in [0.3, 0.4) is 0 Å². The molecule has 0 aromatic heterocycles. The molecule has 3 heteroatoms. The third-order valence-corrected chi connectivity index (χ3v) is 2.60. The van der Waals surface area contributed by atoms with E-state index in [4.69, 9.17) is 17.3 Å². The zero-order valence-electron chi connectivity index (χ0n) is 8.44. The lowest BCUT2D eigenvalue weighted by Crippen LogP contribution is -2.33. The monoisotopic (exact) mass is 213 g/mol. The fraction of sp³-hybridized carbons (Fsp3) is 0.455. The van der Waals surface area contributed by atoms with Gasteiger partial charge in [0.2, 0.25) is 0 Å². The van der Waals surface area contributed by atoms with Gasteiger partial charge in [0.1, 0.15) is 0 Å². The molecule has 2 unspecified atom stereocenters. The van der Waals surface area contributed by atoms with Crippen LogP contribution >= 0.6 is 11.6 Å². The van der Waals surface area contributed by atoms with Crippen molar-refractivity contribution in [2.45, 2.75) is 26.0 Å². The summed E-state index contributed by atoms with van der Waals surface area (Å²) in [7, 11) is 0. The van der Waals surface area contributed by atoms with E-state index in [1.165, 1.54) is 0 Å². The van der Waals surface area contributed by atoms with Crippen molar-refractivity contribution in [3.05, 3.63) is 34.9 Å². The van der Waals surface area contributed by atoms with Crippen LogP contribution in [0.2, 0.25) is 5.02 Å². The molecule has 2 nitrogen and oxygen atoms in total. The van der Waals surface area contributed by atoms with E-state index >= 15 is 0 Å². The molecule has 0 saturated carbocycles. The molecule has 0 saturated heterocycles. The Labute approximate surface area is 89.7 Å². The Morgan fingerprint density at radius 3 is 2.14 bits per heavy atom. The first-order valence-electron chi connectivity index (χ1n) is 4.71. The lowest BCUT2D eigenvalue weighted by Gasteiger charge is -2.22. The van der Waals surface area contributed by atoms with Crippen LogP contribution in [0.4, 0.5) is 0 Å². The zero-order valence-corrected chi connectivity index (χ0v) is 9.20.